The van der Waals surface area contributed by atoms with Gasteiger partial charge < -0.3 is 9.59 Å². The fourth-order valence-corrected chi connectivity index (χ4v) is 1.36. The summed E-state index contributed by atoms with van der Waals surface area (Å²) in [5.41, 5.74) is 0. The van der Waals surface area contributed by atoms with Crippen molar-refractivity contribution in [1.82, 2.24) is 0 Å². The zero-order valence-corrected chi connectivity index (χ0v) is 11.4. The molecule has 0 amide bonds. The van der Waals surface area contributed by atoms with Gasteiger partial charge in [-0.15, -0.1) is 0 Å². The van der Waals surface area contributed by atoms with Crippen molar-refractivity contribution in [2.24, 2.45) is 11.8 Å². The molecule has 2 unspecified atom stereocenters. The van der Waals surface area contributed by atoms with Crippen LogP contribution in [0.1, 0.15) is 66.2 Å². The third kappa shape index (κ3) is 13.3. The van der Waals surface area contributed by atoms with Gasteiger partial charge in [-0.25, -0.2) is 0 Å². The lowest BCUT2D eigenvalue weighted by atomic mass is 10.0. The van der Waals surface area contributed by atoms with Crippen LogP contribution < -0.4 is 0 Å². The second-order valence-corrected chi connectivity index (χ2v) is 4.35. The highest BCUT2D eigenvalue weighted by atomic mass is 16.1. The van der Waals surface area contributed by atoms with Gasteiger partial charge in [0.1, 0.15) is 12.6 Å². The van der Waals surface area contributed by atoms with E-state index in [1.807, 2.05) is 6.92 Å². The maximum absolute atomic E-state index is 10.2. The number of carbonyl (C=O) groups is 2. The summed E-state index contributed by atoms with van der Waals surface area (Å²) in [4.78, 5) is 20.1. The Morgan fingerprint density at radius 3 is 1.81 bits per heavy atom. The molecule has 0 radical (unpaired) electrons. The van der Waals surface area contributed by atoms with Crippen molar-refractivity contribution >= 4 is 12.6 Å². The second kappa shape index (κ2) is 14.3. The third-order valence-electron chi connectivity index (χ3n) is 2.62. The second-order valence-electron chi connectivity index (χ2n) is 4.35. The summed E-state index contributed by atoms with van der Waals surface area (Å²) >= 11 is 0. The van der Waals surface area contributed by atoms with E-state index in [0.717, 1.165) is 38.3 Å². The Bertz CT molecular complexity index is 155. The minimum atomic E-state index is 0.269. The normalized spacial score (nSPS) is 13.2. The Hall–Kier alpha value is -0.660. The van der Waals surface area contributed by atoms with Crippen LogP contribution in [0.4, 0.5) is 0 Å². The molecule has 0 aromatic heterocycles. The van der Waals surface area contributed by atoms with Gasteiger partial charge in [0.2, 0.25) is 0 Å². The molecule has 0 aromatic carbocycles. The zero-order valence-electron chi connectivity index (χ0n) is 11.4. The van der Waals surface area contributed by atoms with Gasteiger partial charge in [0, 0.05) is 11.8 Å². The molecule has 96 valence electrons. The lowest BCUT2D eigenvalue weighted by Gasteiger charge is -2.03. The smallest absolute Gasteiger partial charge is 0.123 e. The zero-order chi connectivity index (χ0) is 12.8. The summed E-state index contributed by atoms with van der Waals surface area (Å²) < 4.78 is 0. The SMILES string of the molecule is CCCC(C)C=O.CCCCC(C=O)CC. The van der Waals surface area contributed by atoms with Crippen LogP contribution in [0.25, 0.3) is 0 Å². The molecule has 2 heteroatoms. The number of hydrogen-bond acceptors (Lipinski definition) is 2. The van der Waals surface area contributed by atoms with Gasteiger partial charge in [-0.3, -0.25) is 0 Å². The lowest BCUT2D eigenvalue weighted by molar-refractivity contribution is -0.111. The summed E-state index contributed by atoms with van der Waals surface area (Å²) in [6.45, 7) is 8.24. The number of carbonyl (C=O) groups excluding carboxylic acids is 2. The van der Waals surface area contributed by atoms with Crippen molar-refractivity contribution < 1.29 is 9.59 Å². The first-order chi connectivity index (χ1) is 7.65. The number of hydrogen-bond donors (Lipinski definition) is 0. The molecule has 0 saturated heterocycles. The van der Waals surface area contributed by atoms with Crippen molar-refractivity contribution in [2.45, 2.75) is 66.2 Å². The van der Waals surface area contributed by atoms with Crippen molar-refractivity contribution in [1.29, 1.82) is 0 Å². The number of aldehydes is 2. The van der Waals surface area contributed by atoms with Gasteiger partial charge in [-0.1, -0.05) is 47.0 Å². The van der Waals surface area contributed by atoms with E-state index in [2.05, 4.69) is 20.8 Å². The molecule has 0 saturated carbocycles. The molecule has 2 nitrogen and oxygen atoms in total. The minimum Gasteiger partial charge on any atom is -0.303 e. The Morgan fingerprint density at radius 2 is 1.56 bits per heavy atom. The Kier molecular flexibility index (Phi) is 15.9. The van der Waals surface area contributed by atoms with E-state index < -0.39 is 0 Å². The Morgan fingerprint density at radius 1 is 0.938 bits per heavy atom. The quantitative estimate of drug-likeness (QED) is 0.588. The van der Waals surface area contributed by atoms with E-state index in [1.54, 1.807) is 0 Å². The van der Waals surface area contributed by atoms with Crippen molar-refractivity contribution in [3.05, 3.63) is 0 Å². The summed E-state index contributed by atoms with van der Waals surface area (Å²) in [6.07, 6.45) is 8.70. The fraction of sp³-hybridized carbons (Fsp3) is 0.857. The summed E-state index contributed by atoms with van der Waals surface area (Å²) in [6, 6.07) is 0. The molecule has 0 aliphatic heterocycles. The first kappa shape index (κ1) is 17.7. The minimum absolute atomic E-state index is 0.269. The number of rotatable bonds is 8. The molecular formula is C14H28O2. The van der Waals surface area contributed by atoms with E-state index in [4.69, 9.17) is 0 Å². The maximum Gasteiger partial charge on any atom is 0.123 e. The topological polar surface area (TPSA) is 34.1 Å². The highest BCUT2D eigenvalue weighted by Gasteiger charge is 2.01. The molecule has 0 N–H and O–H groups in total. The molecule has 0 fully saturated rings. The Labute approximate surface area is 101 Å². The molecule has 16 heavy (non-hydrogen) atoms. The van der Waals surface area contributed by atoms with Crippen LogP contribution in [0.3, 0.4) is 0 Å². The van der Waals surface area contributed by atoms with E-state index in [9.17, 15) is 9.59 Å². The summed E-state index contributed by atoms with van der Waals surface area (Å²) in [5, 5.41) is 0. The molecule has 0 rings (SSSR count). The standard InChI is InChI=1S/C8H16O.C6H12O/c1-3-5-6-8(4-2)7-9;1-3-4-6(2)5-7/h7-8H,3-6H2,1-2H3;5-6H,3-4H2,1-2H3. The summed E-state index contributed by atoms with van der Waals surface area (Å²) in [7, 11) is 0. The van der Waals surface area contributed by atoms with Crippen molar-refractivity contribution in [3.63, 3.8) is 0 Å². The van der Waals surface area contributed by atoms with Crippen LogP contribution in [-0.2, 0) is 9.59 Å². The predicted octanol–water partition coefficient (Wildman–Crippen LogP) is 4.02. The molecule has 2 atom stereocenters. The first-order valence-corrected chi connectivity index (χ1v) is 6.56. The van der Waals surface area contributed by atoms with Crippen molar-refractivity contribution in [3.8, 4) is 0 Å². The highest BCUT2D eigenvalue weighted by Crippen LogP contribution is 2.08. The predicted molar refractivity (Wildman–Crippen MR) is 69.5 cm³/mol. The number of unbranched alkanes of at least 4 members (excludes halogenated alkanes) is 1. The molecule has 0 heterocycles. The fourth-order valence-electron chi connectivity index (χ4n) is 1.36. The molecule has 0 spiro atoms. The highest BCUT2D eigenvalue weighted by molar-refractivity contribution is 5.53. The van der Waals surface area contributed by atoms with Crippen molar-refractivity contribution in [2.75, 3.05) is 0 Å². The van der Waals surface area contributed by atoms with Gasteiger partial charge in [-0.2, -0.15) is 0 Å². The molecular weight excluding hydrogens is 200 g/mol. The monoisotopic (exact) mass is 228 g/mol. The van der Waals surface area contributed by atoms with Crippen LogP contribution in [-0.4, -0.2) is 12.6 Å². The molecule has 0 aliphatic rings. The van der Waals surface area contributed by atoms with E-state index in [1.165, 1.54) is 12.8 Å². The third-order valence-corrected chi connectivity index (χ3v) is 2.62. The van der Waals surface area contributed by atoms with Gasteiger partial charge in [-0.05, 0) is 19.3 Å². The largest absolute Gasteiger partial charge is 0.303 e. The molecule has 0 aliphatic carbocycles. The van der Waals surface area contributed by atoms with Gasteiger partial charge in [0.25, 0.3) is 0 Å². The molecule has 0 aromatic rings. The maximum atomic E-state index is 10.2. The van der Waals surface area contributed by atoms with E-state index >= 15 is 0 Å². The average Bonchev–Trinajstić information content (AvgIpc) is 2.31. The lowest BCUT2D eigenvalue weighted by Crippen LogP contribution is -1.98. The van der Waals surface area contributed by atoms with Crippen LogP contribution in [0.15, 0.2) is 0 Å². The van der Waals surface area contributed by atoms with Crippen LogP contribution in [0, 0.1) is 11.8 Å². The van der Waals surface area contributed by atoms with E-state index in [-0.39, 0.29) is 5.92 Å². The summed E-state index contributed by atoms with van der Waals surface area (Å²) in [5.74, 6) is 0.593. The average molecular weight is 228 g/mol. The molecule has 0 bridgehead atoms. The Balaban J connectivity index is 0. The van der Waals surface area contributed by atoms with E-state index in [0.29, 0.717) is 5.92 Å². The van der Waals surface area contributed by atoms with Crippen LogP contribution >= 0.6 is 0 Å². The van der Waals surface area contributed by atoms with Gasteiger partial charge in [0.05, 0.1) is 0 Å². The first-order valence-electron chi connectivity index (χ1n) is 6.56. The van der Waals surface area contributed by atoms with Gasteiger partial charge in [0.15, 0.2) is 0 Å². The van der Waals surface area contributed by atoms with Crippen LogP contribution in [0.2, 0.25) is 0 Å². The van der Waals surface area contributed by atoms with Crippen LogP contribution in [0.5, 0.6) is 0 Å². The van der Waals surface area contributed by atoms with Gasteiger partial charge >= 0.3 is 0 Å².